The molecule has 0 aliphatic heterocycles. The van der Waals surface area contributed by atoms with E-state index >= 15 is 0 Å². The van der Waals surface area contributed by atoms with Crippen molar-refractivity contribution in [2.75, 3.05) is 13.1 Å². The zero-order valence-electron chi connectivity index (χ0n) is 16.3. The van der Waals surface area contributed by atoms with Gasteiger partial charge in [0.1, 0.15) is 6.54 Å². The summed E-state index contributed by atoms with van der Waals surface area (Å²) in [4.78, 5) is 28.3. The highest BCUT2D eigenvalue weighted by Gasteiger charge is 2.16. The molecule has 1 aromatic carbocycles. The third kappa shape index (κ3) is 5.08. The first-order valence-electron chi connectivity index (χ1n) is 9.00. The van der Waals surface area contributed by atoms with Crippen LogP contribution in [0.3, 0.4) is 0 Å². The Morgan fingerprint density at radius 3 is 2.62 bits per heavy atom. The van der Waals surface area contributed by atoms with Crippen LogP contribution in [0.5, 0.6) is 0 Å². The average Bonchev–Trinajstić information content (AvgIpc) is 3.27. The van der Waals surface area contributed by atoms with Gasteiger partial charge >= 0.3 is 11.8 Å². The maximum absolute atomic E-state index is 12.1. The van der Waals surface area contributed by atoms with E-state index in [0.717, 1.165) is 27.0 Å². The molecule has 0 saturated carbocycles. The SMILES string of the molecule is Cc1cccc(-c2noc(C(=O)NCCNC(=O)Cn3nc(C)c(Br)c3C)n2)c1. The van der Waals surface area contributed by atoms with E-state index in [1.807, 2.05) is 45.0 Å². The number of halogens is 1. The second kappa shape index (κ2) is 8.99. The van der Waals surface area contributed by atoms with Crippen molar-refractivity contribution in [3.8, 4) is 11.4 Å². The van der Waals surface area contributed by atoms with Crippen molar-refractivity contribution in [3.63, 3.8) is 0 Å². The van der Waals surface area contributed by atoms with E-state index in [9.17, 15) is 9.59 Å². The van der Waals surface area contributed by atoms with E-state index in [1.54, 1.807) is 4.68 Å². The van der Waals surface area contributed by atoms with Crippen LogP contribution in [0.1, 0.15) is 27.6 Å². The maximum Gasteiger partial charge on any atom is 0.316 e. The molecule has 0 radical (unpaired) electrons. The summed E-state index contributed by atoms with van der Waals surface area (Å²) in [5.41, 5.74) is 3.54. The van der Waals surface area contributed by atoms with Crippen LogP contribution in [-0.2, 0) is 11.3 Å². The molecule has 2 heterocycles. The third-order valence-corrected chi connectivity index (χ3v) is 5.36. The lowest BCUT2D eigenvalue weighted by atomic mass is 10.1. The molecule has 0 aliphatic rings. The lowest BCUT2D eigenvalue weighted by Gasteiger charge is -2.07. The quantitative estimate of drug-likeness (QED) is 0.522. The van der Waals surface area contributed by atoms with Gasteiger partial charge in [0.05, 0.1) is 15.9 Å². The van der Waals surface area contributed by atoms with Crippen LogP contribution in [0.15, 0.2) is 33.3 Å². The van der Waals surface area contributed by atoms with Gasteiger partial charge < -0.3 is 15.2 Å². The summed E-state index contributed by atoms with van der Waals surface area (Å²) in [6.07, 6.45) is 0. The molecule has 29 heavy (non-hydrogen) atoms. The molecule has 2 amide bonds. The van der Waals surface area contributed by atoms with Gasteiger partial charge in [-0.1, -0.05) is 28.9 Å². The van der Waals surface area contributed by atoms with Gasteiger partial charge in [0.15, 0.2) is 0 Å². The number of nitrogens with one attached hydrogen (secondary N) is 2. The Labute approximate surface area is 176 Å². The fourth-order valence-corrected chi connectivity index (χ4v) is 2.98. The minimum absolute atomic E-state index is 0.107. The summed E-state index contributed by atoms with van der Waals surface area (Å²) in [7, 11) is 0. The van der Waals surface area contributed by atoms with Crippen molar-refractivity contribution < 1.29 is 14.1 Å². The van der Waals surface area contributed by atoms with Gasteiger partial charge in [-0.05, 0) is 42.8 Å². The Morgan fingerprint density at radius 2 is 1.93 bits per heavy atom. The monoisotopic (exact) mass is 460 g/mol. The highest BCUT2D eigenvalue weighted by atomic mass is 79.9. The number of carbonyl (C=O) groups excluding carboxylic acids is 2. The Balaban J connectivity index is 1.45. The van der Waals surface area contributed by atoms with Gasteiger partial charge in [0.25, 0.3) is 0 Å². The summed E-state index contributed by atoms with van der Waals surface area (Å²) >= 11 is 3.43. The molecule has 2 N–H and O–H groups in total. The number of hydrogen-bond donors (Lipinski definition) is 2. The van der Waals surface area contributed by atoms with Crippen molar-refractivity contribution in [1.29, 1.82) is 0 Å². The van der Waals surface area contributed by atoms with E-state index in [4.69, 9.17) is 4.52 Å². The van der Waals surface area contributed by atoms with E-state index in [-0.39, 0.29) is 31.4 Å². The predicted octanol–water partition coefficient (Wildman–Crippen LogP) is 2.17. The van der Waals surface area contributed by atoms with Gasteiger partial charge in [-0.2, -0.15) is 10.1 Å². The van der Waals surface area contributed by atoms with Crippen LogP contribution in [0, 0.1) is 20.8 Å². The van der Waals surface area contributed by atoms with Gasteiger partial charge in [0.2, 0.25) is 11.7 Å². The van der Waals surface area contributed by atoms with Crippen LogP contribution in [0.25, 0.3) is 11.4 Å². The zero-order valence-corrected chi connectivity index (χ0v) is 17.9. The van der Waals surface area contributed by atoms with Crippen molar-refractivity contribution in [2.45, 2.75) is 27.3 Å². The topological polar surface area (TPSA) is 115 Å². The minimum atomic E-state index is -0.492. The number of amides is 2. The molecule has 0 atom stereocenters. The maximum atomic E-state index is 12.1. The first-order chi connectivity index (χ1) is 13.8. The summed E-state index contributed by atoms with van der Waals surface area (Å²) in [6.45, 7) is 6.31. The van der Waals surface area contributed by atoms with Crippen LogP contribution >= 0.6 is 15.9 Å². The molecule has 0 spiro atoms. The normalized spacial score (nSPS) is 10.8. The van der Waals surface area contributed by atoms with E-state index in [1.165, 1.54) is 0 Å². The van der Waals surface area contributed by atoms with Crippen molar-refractivity contribution in [1.82, 2.24) is 30.6 Å². The van der Waals surface area contributed by atoms with Crippen LogP contribution in [0.2, 0.25) is 0 Å². The van der Waals surface area contributed by atoms with Crippen LogP contribution in [-0.4, -0.2) is 44.8 Å². The molecule has 3 aromatic rings. The molecular weight excluding hydrogens is 440 g/mol. The number of aromatic nitrogens is 4. The van der Waals surface area contributed by atoms with Gasteiger partial charge in [0, 0.05) is 18.7 Å². The van der Waals surface area contributed by atoms with E-state index in [2.05, 4.69) is 41.8 Å². The second-order valence-electron chi connectivity index (χ2n) is 6.54. The fraction of sp³-hybridized carbons (Fsp3) is 0.316. The predicted molar refractivity (Wildman–Crippen MR) is 109 cm³/mol. The number of benzene rings is 1. The standard InChI is InChI=1S/C19H21BrN6O3/c1-11-5-4-6-14(9-11)17-23-19(29-25-17)18(28)22-8-7-21-15(27)10-26-13(3)16(20)12(2)24-26/h4-6,9H,7-8,10H2,1-3H3,(H,21,27)(H,22,28). The smallest absolute Gasteiger partial charge is 0.316 e. The van der Waals surface area contributed by atoms with Crippen molar-refractivity contribution in [2.24, 2.45) is 0 Å². The number of rotatable bonds is 7. The largest absolute Gasteiger partial charge is 0.353 e. The highest BCUT2D eigenvalue weighted by Crippen LogP contribution is 2.19. The van der Waals surface area contributed by atoms with Gasteiger partial charge in [-0.25, -0.2) is 0 Å². The van der Waals surface area contributed by atoms with Crippen LogP contribution in [0.4, 0.5) is 0 Å². The van der Waals surface area contributed by atoms with Crippen molar-refractivity contribution >= 4 is 27.7 Å². The summed E-state index contributed by atoms with van der Waals surface area (Å²) in [6, 6.07) is 7.59. The number of carbonyl (C=O) groups is 2. The van der Waals surface area contributed by atoms with E-state index < -0.39 is 5.91 Å². The summed E-state index contributed by atoms with van der Waals surface area (Å²) < 4.78 is 7.54. The molecule has 0 saturated heterocycles. The lowest BCUT2D eigenvalue weighted by molar-refractivity contribution is -0.121. The summed E-state index contributed by atoms with van der Waals surface area (Å²) in [5, 5.41) is 13.5. The Hall–Kier alpha value is -3.01. The number of nitrogens with zero attached hydrogens (tertiary/aromatic N) is 4. The molecule has 0 fully saturated rings. The third-order valence-electron chi connectivity index (χ3n) is 4.22. The number of aryl methyl sites for hydroxylation is 2. The Kier molecular flexibility index (Phi) is 6.42. The number of hydrogen-bond acceptors (Lipinski definition) is 6. The molecular formula is C19H21BrN6O3. The first-order valence-corrected chi connectivity index (χ1v) is 9.79. The molecule has 9 nitrogen and oxygen atoms in total. The minimum Gasteiger partial charge on any atom is -0.353 e. The Morgan fingerprint density at radius 1 is 1.17 bits per heavy atom. The fourth-order valence-electron chi connectivity index (χ4n) is 2.69. The molecule has 0 unspecified atom stereocenters. The molecule has 10 heteroatoms. The molecule has 152 valence electrons. The lowest BCUT2D eigenvalue weighted by Crippen LogP contribution is -2.36. The molecule has 2 aromatic heterocycles. The molecule has 3 rings (SSSR count). The highest BCUT2D eigenvalue weighted by molar-refractivity contribution is 9.10. The van der Waals surface area contributed by atoms with Crippen molar-refractivity contribution in [3.05, 3.63) is 51.6 Å². The van der Waals surface area contributed by atoms with Gasteiger partial charge in [-0.3, -0.25) is 14.3 Å². The Bertz CT molecular complexity index is 1040. The van der Waals surface area contributed by atoms with Crippen LogP contribution < -0.4 is 10.6 Å². The summed E-state index contributed by atoms with van der Waals surface area (Å²) in [5.74, 6) is -0.464. The molecule has 0 aliphatic carbocycles. The second-order valence-corrected chi connectivity index (χ2v) is 7.33. The van der Waals surface area contributed by atoms with Gasteiger partial charge in [-0.15, -0.1) is 0 Å². The zero-order chi connectivity index (χ0) is 21.0. The first kappa shape index (κ1) is 20.7. The molecule has 0 bridgehead atoms. The van der Waals surface area contributed by atoms with E-state index in [0.29, 0.717) is 5.82 Å². The average molecular weight is 461 g/mol.